The van der Waals surface area contributed by atoms with Crippen molar-refractivity contribution in [2.24, 2.45) is 7.05 Å². The molecule has 1 aliphatic heterocycles. The molecular formula is C21H21N3O4S. The lowest BCUT2D eigenvalue weighted by molar-refractivity contribution is 0.0674. The number of sulfone groups is 1. The standard InChI is InChI=1S/C21H21N3O4S/c1-23-20(25)18-10-6-5-9-17(18)19(22-23)21(26)24(13-15-7-3-2-4-8-15)16-11-12-29(27,28)14-16/h2-10,16H,11-14H2,1H3/t16-/m0/s1. The van der Waals surface area contributed by atoms with Crippen molar-refractivity contribution in [1.82, 2.24) is 14.7 Å². The van der Waals surface area contributed by atoms with Crippen LogP contribution in [-0.4, -0.2) is 46.6 Å². The van der Waals surface area contributed by atoms with Gasteiger partial charge in [0.25, 0.3) is 11.5 Å². The van der Waals surface area contributed by atoms with Gasteiger partial charge in [0.2, 0.25) is 0 Å². The molecule has 1 aromatic heterocycles. The average Bonchev–Trinajstić information content (AvgIpc) is 3.08. The van der Waals surface area contributed by atoms with Crippen molar-refractivity contribution in [3.63, 3.8) is 0 Å². The number of benzene rings is 2. The van der Waals surface area contributed by atoms with Crippen LogP contribution >= 0.6 is 0 Å². The predicted molar refractivity (Wildman–Crippen MR) is 110 cm³/mol. The number of hydrogen-bond donors (Lipinski definition) is 0. The second-order valence-electron chi connectivity index (χ2n) is 7.30. The Bertz CT molecular complexity index is 1240. The number of rotatable bonds is 4. The zero-order valence-electron chi connectivity index (χ0n) is 16.0. The van der Waals surface area contributed by atoms with E-state index in [0.717, 1.165) is 10.2 Å². The van der Waals surface area contributed by atoms with E-state index in [1.807, 2.05) is 30.3 Å². The zero-order chi connectivity index (χ0) is 20.6. The van der Waals surface area contributed by atoms with Gasteiger partial charge in [0.1, 0.15) is 0 Å². The van der Waals surface area contributed by atoms with Gasteiger partial charge in [0.15, 0.2) is 15.5 Å². The molecule has 150 valence electrons. The normalized spacial score (nSPS) is 18.0. The molecule has 0 spiro atoms. The van der Waals surface area contributed by atoms with E-state index in [0.29, 0.717) is 17.2 Å². The molecule has 0 N–H and O–H groups in total. The molecule has 1 fully saturated rings. The van der Waals surface area contributed by atoms with E-state index >= 15 is 0 Å². The van der Waals surface area contributed by atoms with Gasteiger partial charge in [-0.1, -0.05) is 48.5 Å². The van der Waals surface area contributed by atoms with Gasteiger partial charge < -0.3 is 4.90 Å². The molecule has 0 radical (unpaired) electrons. The minimum atomic E-state index is -3.18. The van der Waals surface area contributed by atoms with Gasteiger partial charge in [0, 0.05) is 25.0 Å². The van der Waals surface area contributed by atoms with Crippen molar-refractivity contribution in [1.29, 1.82) is 0 Å². The van der Waals surface area contributed by atoms with Crippen LogP contribution < -0.4 is 5.56 Å². The Labute approximate surface area is 168 Å². The van der Waals surface area contributed by atoms with Gasteiger partial charge in [-0.3, -0.25) is 9.59 Å². The van der Waals surface area contributed by atoms with E-state index < -0.39 is 15.9 Å². The number of aryl methyl sites for hydroxylation is 1. The van der Waals surface area contributed by atoms with Gasteiger partial charge in [-0.2, -0.15) is 5.10 Å². The summed E-state index contributed by atoms with van der Waals surface area (Å²) < 4.78 is 25.3. The molecule has 29 heavy (non-hydrogen) atoms. The first-order valence-corrected chi connectivity index (χ1v) is 11.2. The Hall–Kier alpha value is -3.00. The fourth-order valence-electron chi connectivity index (χ4n) is 3.76. The number of amides is 1. The Morgan fingerprint density at radius 3 is 2.41 bits per heavy atom. The van der Waals surface area contributed by atoms with Gasteiger partial charge in [0.05, 0.1) is 16.9 Å². The van der Waals surface area contributed by atoms with Crippen molar-refractivity contribution >= 4 is 26.5 Å². The molecule has 8 heteroatoms. The zero-order valence-corrected chi connectivity index (χ0v) is 16.8. The second kappa shape index (κ2) is 7.44. The van der Waals surface area contributed by atoms with Crippen LogP contribution in [-0.2, 0) is 23.4 Å². The molecule has 1 aliphatic rings. The molecular weight excluding hydrogens is 390 g/mol. The molecule has 2 heterocycles. The second-order valence-corrected chi connectivity index (χ2v) is 9.53. The molecule has 0 bridgehead atoms. The first-order chi connectivity index (χ1) is 13.9. The van der Waals surface area contributed by atoms with Crippen LogP contribution in [0, 0.1) is 0 Å². The number of carbonyl (C=O) groups is 1. The molecule has 7 nitrogen and oxygen atoms in total. The molecule has 4 rings (SSSR count). The van der Waals surface area contributed by atoms with Crippen LogP contribution in [0.3, 0.4) is 0 Å². The Morgan fingerprint density at radius 2 is 1.76 bits per heavy atom. The fourth-order valence-corrected chi connectivity index (χ4v) is 5.49. The molecule has 0 saturated carbocycles. The number of fused-ring (bicyclic) bond motifs is 1. The van der Waals surface area contributed by atoms with Crippen molar-refractivity contribution < 1.29 is 13.2 Å². The van der Waals surface area contributed by atoms with E-state index in [2.05, 4.69) is 5.10 Å². The molecule has 2 aromatic carbocycles. The van der Waals surface area contributed by atoms with Crippen molar-refractivity contribution in [3.8, 4) is 0 Å². The third-order valence-electron chi connectivity index (χ3n) is 5.26. The number of aromatic nitrogens is 2. The van der Waals surface area contributed by atoms with Crippen LogP contribution in [0.5, 0.6) is 0 Å². The summed E-state index contributed by atoms with van der Waals surface area (Å²) >= 11 is 0. The van der Waals surface area contributed by atoms with Gasteiger partial charge in [-0.25, -0.2) is 13.1 Å². The summed E-state index contributed by atoms with van der Waals surface area (Å²) in [5.74, 6) is -0.366. The molecule has 3 aromatic rings. The lowest BCUT2D eigenvalue weighted by Gasteiger charge is -2.28. The third kappa shape index (κ3) is 3.80. The maximum absolute atomic E-state index is 13.6. The summed E-state index contributed by atoms with van der Waals surface area (Å²) in [4.78, 5) is 27.6. The Kier molecular flexibility index (Phi) is 4.96. The van der Waals surface area contributed by atoms with Crippen LogP contribution in [0.4, 0.5) is 0 Å². The van der Waals surface area contributed by atoms with Crippen molar-refractivity contribution in [2.75, 3.05) is 11.5 Å². The monoisotopic (exact) mass is 411 g/mol. The molecule has 1 saturated heterocycles. The summed E-state index contributed by atoms with van der Waals surface area (Å²) in [5.41, 5.74) is 0.775. The summed E-state index contributed by atoms with van der Waals surface area (Å²) in [6.45, 7) is 0.276. The van der Waals surface area contributed by atoms with E-state index in [1.165, 1.54) is 7.05 Å². The maximum Gasteiger partial charge on any atom is 0.275 e. The lowest BCUT2D eigenvalue weighted by Crippen LogP contribution is -2.41. The first kappa shape index (κ1) is 19.3. The Balaban J connectivity index is 1.81. The molecule has 1 atom stereocenters. The van der Waals surface area contributed by atoms with E-state index in [-0.39, 0.29) is 35.2 Å². The highest BCUT2D eigenvalue weighted by atomic mass is 32.2. The van der Waals surface area contributed by atoms with Gasteiger partial charge in [-0.05, 0) is 18.1 Å². The number of carbonyl (C=O) groups excluding carboxylic acids is 1. The third-order valence-corrected chi connectivity index (χ3v) is 7.02. The number of hydrogen-bond acceptors (Lipinski definition) is 5. The molecule has 1 amide bonds. The van der Waals surface area contributed by atoms with Gasteiger partial charge >= 0.3 is 0 Å². The quantitative estimate of drug-likeness (QED) is 0.653. The minimum Gasteiger partial charge on any atom is -0.329 e. The fraction of sp³-hybridized carbons (Fsp3) is 0.286. The lowest BCUT2D eigenvalue weighted by atomic mass is 10.1. The average molecular weight is 411 g/mol. The van der Waals surface area contributed by atoms with Crippen LogP contribution in [0.1, 0.15) is 22.5 Å². The highest BCUT2D eigenvalue weighted by Gasteiger charge is 2.36. The van der Waals surface area contributed by atoms with Crippen LogP contribution in [0.25, 0.3) is 10.8 Å². The highest BCUT2D eigenvalue weighted by molar-refractivity contribution is 7.91. The van der Waals surface area contributed by atoms with E-state index in [9.17, 15) is 18.0 Å². The smallest absolute Gasteiger partial charge is 0.275 e. The minimum absolute atomic E-state index is 0.0602. The Morgan fingerprint density at radius 1 is 1.10 bits per heavy atom. The van der Waals surface area contributed by atoms with Crippen molar-refractivity contribution in [2.45, 2.75) is 19.0 Å². The maximum atomic E-state index is 13.6. The van der Waals surface area contributed by atoms with E-state index in [4.69, 9.17) is 0 Å². The molecule has 0 aliphatic carbocycles. The van der Waals surface area contributed by atoms with Crippen LogP contribution in [0.15, 0.2) is 59.4 Å². The van der Waals surface area contributed by atoms with E-state index in [1.54, 1.807) is 29.2 Å². The summed E-state index contributed by atoms with van der Waals surface area (Å²) in [5, 5.41) is 5.12. The largest absolute Gasteiger partial charge is 0.329 e. The van der Waals surface area contributed by atoms with Crippen LogP contribution in [0.2, 0.25) is 0 Å². The van der Waals surface area contributed by atoms with Crippen molar-refractivity contribution in [3.05, 3.63) is 76.2 Å². The topological polar surface area (TPSA) is 89.3 Å². The number of nitrogens with zero attached hydrogens (tertiary/aromatic N) is 3. The highest BCUT2D eigenvalue weighted by Crippen LogP contribution is 2.24. The predicted octanol–water partition coefficient (Wildman–Crippen LogP) is 1.76. The summed E-state index contributed by atoms with van der Waals surface area (Å²) in [7, 11) is -1.67. The SMILES string of the molecule is Cn1nc(C(=O)N(Cc2ccccc2)[C@H]2CCS(=O)(=O)C2)c2ccccc2c1=O. The van der Waals surface area contributed by atoms with Gasteiger partial charge in [-0.15, -0.1) is 0 Å². The molecule has 0 unspecified atom stereocenters. The first-order valence-electron chi connectivity index (χ1n) is 9.37. The summed E-state index contributed by atoms with van der Waals surface area (Å²) in [6, 6.07) is 15.9. The summed E-state index contributed by atoms with van der Waals surface area (Å²) in [6.07, 6.45) is 0.393.